The van der Waals surface area contributed by atoms with Crippen molar-refractivity contribution in [1.82, 2.24) is 0 Å². The van der Waals surface area contributed by atoms with Crippen molar-refractivity contribution < 1.29 is 9.90 Å². The Morgan fingerprint density at radius 3 is 2.00 bits per heavy atom. The van der Waals surface area contributed by atoms with Crippen molar-refractivity contribution in [2.75, 3.05) is 0 Å². The van der Waals surface area contributed by atoms with E-state index in [0.717, 1.165) is 11.1 Å². The van der Waals surface area contributed by atoms with E-state index in [1.54, 1.807) is 0 Å². The number of rotatable bonds is 6. The first-order valence-electron chi connectivity index (χ1n) is 6.54. The fourth-order valence-electron chi connectivity index (χ4n) is 2.03. The number of hydrogen-bond donors (Lipinski definition) is 1. The molecule has 2 aromatic carbocycles. The van der Waals surface area contributed by atoms with Crippen molar-refractivity contribution in [2.45, 2.75) is 25.4 Å². The molecule has 0 aliphatic rings. The first-order chi connectivity index (χ1) is 9.25. The molecule has 1 N–H and O–H groups in total. The molecule has 2 nitrogen and oxygen atoms in total. The molecule has 1 unspecified atom stereocenters. The lowest BCUT2D eigenvalue weighted by atomic mass is 10.0. The topological polar surface area (TPSA) is 37.3 Å². The summed E-state index contributed by atoms with van der Waals surface area (Å²) >= 11 is 0. The number of aryl methyl sites for hydroxylation is 1. The van der Waals surface area contributed by atoms with Gasteiger partial charge in [-0.2, -0.15) is 0 Å². The van der Waals surface area contributed by atoms with Gasteiger partial charge in [-0.05, 0) is 17.5 Å². The monoisotopic (exact) mass is 254 g/mol. The van der Waals surface area contributed by atoms with Gasteiger partial charge in [0, 0.05) is 12.8 Å². The molecule has 0 amide bonds. The third kappa shape index (κ3) is 4.34. The minimum absolute atomic E-state index is 0.0901. The molecule has 0 spiro atoms. The van der Waals surface area contributed by atoms with Gasteiger partial charge < -0.3 is 5.11 Å². The molecule has 0 radical (unpaired) electrons. The molecule has 2 aromatic rings. The van der Waals surface area contributed by atoms with E-state index in [1.807, 2.05) is 60.7 Å². The second-order valence-electron chi connectivity index (χ2n) is 4.66. The standard InChI is InChI=1S/C17H18O2/c18-16(12-11-14-7-3-1-4-8-14)17(19)13-15-9-5-2-6-10-15/h1-10,17,19H,11-13H2. The molecule has 0 saturated carbocycles. The van der Waals surface area contributed by atoms with Crippen LogP contribution >= 0.6 is 0 Å². The van der Waals surface area contributed by atoms with Crippen molar-refractivity contribution in [2.24, 2.45) is 0 Å². The van der Waals surface area contributed by atoms with Crippen LogP contribution in [0.15, 0.2) is 60.7 Å². The fourth-order valence-corrected chi connectivity index (χ4v) is 2.03. The fraction of sp³-hybridized carbons (Fsp3) is 0.235. The second-order valence-corrected chi connectivity index (χ2v) is 4.66. The Morgan fingerprint density at radius 1 is 0.895 bits per heavy atom. The van der Waals surface area contributed by atoms with Crippen LogP contribution in [0.5, 0.6) is 0 Å². The number of carbonyl (C=O) groups excluding carboxylic acids is 1. The molecule has 0 aromatic heterocycles. The Balaban J connectivity index is 1.83. The summed E-state index contributed by atoms with van der Waals surface area (Å²) in [6.07, 6.45) is 0.573. The SMILES string of the molecule is O=C(CCc1ccccc1)C(O)Cc1ccccc1. The summed E-state index contributed by atoms with van der Waals surface area (Å²) in [5, 5.41) is 9.90. The van der Waals surface area contributed by atoms with Crippen LogP contribution in [0.25, 0.3) is 0 Å². The molecule has 98 valence electrons. The Labute approximate surface area is 113 Å². The van der Waals surface area contributed by atoms with Crippen molar-refractivity contribution in [3.8, 4) is 0 Å². The van der Waals surface area contributed by atoms with E-state index in [-0.39, 0.29) is 5.78 Å². The van der Waals surface area contributed by atoms with Gasteiger partial charge in [0.2, 0.25) is 0 Å². The number of Topliss-reactive ketones (excluding diaryl/α,β-unsaturated/α-hetero) is 1. The molecular weight excluding hydrogens is 236 g/mol. The van der Waals surface area contributed by atoms with E-state index < -0.39 is 6.10 Å². The number of aliphatic hydroxyl groups is 1. The average molecular weight is 254 g/mol. The van der Waals surface area contributed by atoms with Crippen LogP contribution in [0.4, 0.5) is 0 Å². The van der Waals surface area contributed by atoms with Crippen molar-refractivity contribution in [1.29, 1.82) is 0 Å². The third-order valence-corrected chi connectivity index (χ3v) is 3.15. The van der Waals surface area contributed by atoms with Gasteiger partial charge in [-0.3, -0.25) is 4.79 Å². The van der Waals surface area contributed by atoms with E-state index in [9.17, 15) is 9.90 Å². The van der Waals surface area contributed by atoms with Crippen LogP contribution in [0.3, 0.4) is 0 Å². The number of aliphatic hydroxyl groups excluding tert-OH is 1. The molecule has 19 heavy (non-hydrogen) atoms. The Hall–Kier alpha value is -1.93. The number of benzene rings is 2. The van der Waals surface area contributed by atoms with Gasteiger partial charge >= 0.3 is 0 Å². The summed E-state index contributed by atoms with van der Waals surface area (Å²) in [6, 6.07) is 19.5. The predicted molar refractivity (Wildman–Crippen MR) is 75.9 cm³/mol. The molecule has 0 heterocycles. The highest BCUT2D eigenvalue weighted by Gasteiger charge is 2.15. The molecular formula is C17H18O2. The summed E-state index contributed by atoms with van der Waals surface area (Å²) in [6.45, 7) is 0. The van der Waals surface area contributed by atoms with E-state index in [1.165, 1.54) is 0 Å². The average Bonchev–Trinajstić information content (AvgIpc) is 2.47. The lowest BCUT2D eigenvalue weighted by molar-refractivity contribution is -0.127. The van der Waals surface area contributed by atoms with Gasteiger partial charge in [-0.15, -0.1) is 0 Å². The molecule has 0 fully saturated rings. The van der Waals surface area contributed by atoms with E-state index >= 15 is 0 Å². The molecule has 0 saturated heterocycles. The minimum atomic E-state index is -0.897. The smallest absolute Gasteiger partial charge is 0.161 e. The van der Waals surface area contributed by atoms with E-state index in [2.05, 4.69) is 0 Å². The Morgan fingerprint density at radius 2 is 1.42 bits per heavy atom. The quantitative estimate of drug-likeness (QED) is 0.860. The molecule has 1 atom stereocenters. The summed E-state index contributed by atoms with van der Waals surface area (Å²) in [5.74, 6) is -0.0901. The summed E-state index contributed by atoms with van der Waals surface area (Å²) in [4.78, 5) is 11.9. The van der Waals surface area contributed by atoms with Gasteiger partial charge in [0.1, 0.15) is 6.10 Å². The van der Waals surface area contributed by atoms with Crippen LogP contribution < -0.4 is 0 Å². The zero-order chi connectivity index (χ0) is 13.5. The maximum atomic E-state index is 11.9. The summed E-state index contributed by atoms with van der Waals surface area (Å²) < 4.78 is 0. The first-order valence-corrected chi connectivity index (χ1v) is 6.54. The lowest BCUT2D eigenvalue weighted by Crippen LogP contribution is -2.23. The number of hydrogen-bond acceptors (Lipinski definition) is 2. The highest BCUT2D eigenvalue weighted by Crippen LogP contribution is 2.08. The van der Waals surface area contributed by atoms with Crippen molar-refractivity contribution in [3.05, 3.63) is 71.8 Å². The van der Waals surface area contributed by atoms with Crippen LogP contribution in [0.1, 0.15) is 17.5 Å². The van der Waals surface area contributed by atoms with Crippen molar-refractivity contribution in [3.63, 3.8) is 0 Å². The van der Waals surface area contributed by atoms with Gasteiger partial charge in [0.05, 0.1) is 0 Å². The van der Waals surface area contributed by atoms with Gasteiger partial charge in [0.15, 0.2) is 5.78 Å². The molecule has 2 heteroatoms. The largest absolute Gasteiger partial charge is 0.385 e. The molecule has 2 rings (SSSR count). The molecule has 0 aliphatic carbocycles. The lowest BCUT2D eigenvalue weighted by Gasteiger charge is -2.09. The third-order valence-electron chi connectivity index (χ3n) is 3.15. The second kappa shape index (κ2) is 6.86. The summed E-state index contributed by atoms with van der Waals surface area (Å²) in [5.41, 5.74) is 2.12. The van der Waals surface area contributed by atoms with E-state index in [0.29, 0.717) is 19.3 Å². The normalized spacial score (nSPS) is 12.1. The van der Waals surface area contributed by atoms with Gasteiger partial charge in [0.25, 0.3) is 0 Å². The van der Waals surface area contributed by atoms with Crippen LogP contribution in [-0.2, 0) is 17.6 Å². The first kappa shape index (κ1) is 13.5. The molecule has 0 bridgehead atoms. The highest BCUT2D eigenvalue weighted by molar-refractivity contribution is 5.83. The van der Waals surface area contributed by atoms with Crippen LogP contribution in [0, 0.1) is 0 Å². The maximum Gasteiger partial charge on any atom is 0.161 e. The Kier molecular flexibility index (Phi) is 4.87. The number of carbonyl (C=O) groups is 1. The van der Waals surface area contributed by atoms with Gasteiger partial charge in [-0.25, -0.2) is 0 Å². The Bertz CT molecular complexity index is 505. The number of ketones is 1. The minimum Gasteiger partial charge on any atom is -0.385 e. The van der Waals surface area contributed by atoms with Gasteiger partial charge in [-0.1, -0.05) is 60.7 Å². The van der Waals surface area contributed by atoms with Crippen molar-refractivity contribution >= 4 is 5.78 Å². The predicted octanol–water partition coefficient (Wildman–Crippen LogP) is 2.79. The maximum absolute atomic E-state index is 11.9. The highest BCUT2D eigenvalue weighted by atomic mass is 16.3. The zero-order valence-corrected chi connectivity index (χ0v) is 10.8. The summed E-state index contributed by atoms with van der Waals surface area (Å²) in [7, 11) is 0. The zero-order valence-electron chi connectivity index (χ0n) is 10.8. The van der Waals surface area contributed by atoms with E-state index in [4.69, 9.17) is 0 Å². The van der Waals surface area contributed by atoms with Crippen LogP contribution in [0.2, 0.25) is 0 Å². The molecule has 0 aliphatic heterocycles. The van der Waals surface area contributed by atoms with Crippen LogP contribution in [-0.4, -0.2) is 17.0 Å².